The van der Waals surface area contributed by atoms with Gasteiger partial charge in [-0.15, -0.1) is 0 Å². The number of rotatable bonds is 8. The Balaban J connectivity index is 1.46. The lowest BCUT2D eigenvalue weighted by Crippen LogP contribution is -2.49. The van der Waals surface area contributed by atoms with Crippen molar-refractivity contribution in [3.63, 3.8) is 0 Å². The van der Waals surface area contributed by atoms with E-state index < -0.39 is 6.10 Å². The second-order valence-electron chi connectivity index (χ2n) is 6.86. The fraction of sp³-hybridized carbons (Fsp3) is 0.429. The molecule has 1 saturated heterocycles. The first-order chi connectivity index (χ1) is 13.6. The lowest BCUT2D eigenvalue weighted by atomic mass is 10.1. The third-order valence-corrected chi connectivity index (χ3v) is 4.82. The van der Waals surface area contributed by atoms with E-state index >= 15 is 0 Å². The molecule has 1 fully saturated rings. The third kappa shape index (κ3) is 5.21. The van der Waals surface area contributed by atoms with Crippen LogP contribution in [0, 0.1) is 0 Å². The molecule has 1 aromatic heterocycles. The quantitative estimate of drug-likeness (QED) is 0.695. The number of carbonyl (C=O) groups is 1. The van der Waals surface area contributed by atoms with Crippen LogP contribution in [0.25, 0.3) is 0 Å². The Morgan fingerprint density at radius 3 is 2.61 bits per heavy atom. The number of Topliss-reactive ketones (excluding diaryl/α,β-unsaturated/α-hetero) is 1. The first-order valence-corrected chi connectivity index (χ1v) is 9.45. The summed E-state index contributed by atoms with van der Waals surface area (Å²) in [6.07, 6.45) is 1.19. The van der Waals surface area contributed by atoms with Crippen molar-refractivity contribution in [1.29, 1.82) is 0 Å². The van der Waals surface area contributed by atoms with Crippen LogP contribution in [0.3, 0.4) is 0 Å². The number of aliphatic hydroxyl groups excluding tert-OH is 1. The van der Waals surface area contributed by atoms with Crippen molar-refractivity contribution in [2.75, 3.05) is 51.3 Å². The van der Waals surface area contributed by atoms with E-state index in [4.69, 9.17) is 9.47 Å². The number of benzene rings is 1. The molecule has 0 radical (unpaired) electrons. The Morgan fingerprint density at radius 1 is 1.18 bits per heavy atom. The number of hydrogen-bond acceptors (Lipinski definition) is 7. The fourth-order valence-electron chi connectivity index (χ4n) is 3.24. The van der Waals surface area contributed by atoms with Crippen molar-refractivity contribution in [2.24, 2.45) is 0 Å². The molecule has 1 atom stereocenters. The predicted molar refractivity (Wildman–Crippen MR) is 107 cm³/mol. The minimum atomic E-state index is -0.612. The average molecular weight is 385 g/mol. The van der Waals surface area contributed by atoms with Gasteiger partial charge in [0.25, 0.3) is 0 Å². The smallest absolute Gasteiger partial charge is 0.161 e. The van der Waals surface area contributed by atoms with Crippen LogP contribution in [0.1, 0.15) is 17.3 Å². The standard InChI is InChI=1S/C21H27N3O4/c1-16(25)17-6-7-19(20(13-17)27-2)28-15-18(26)14-23-9-11-24(12-10-23)21-5-3-4-8-22-21/h3-8,13,18,26H,9-12,14-15H2,1-2H3/t18-/m1/s1. The van der Waals surface area contributed by atoms with Gasteiger partial charge in [-0.2, -0.15) is 0 Å². The van der Waals surface area contributed by atoms with Gasteiger partial charge in [-0.1, -0.05) is 6.07 Å². The summed E-state index contributed by atoms with van der Waals surface area (Å²) in [6.45, 7) is 5.71. The molecule has 3 rings (SSSR count). The van der Waals surface area contributed by atoms with E-state index in [2.05, 4.69) is 14.8 Å². The van der Waals surface area contributed by atoms with Gasteiger partial charge in [0.2, 0.25) is 0 Å². The highest BCUT2D eigenvalue weighted by Gasteiger charge is 2.20. The van der Waals surface area contributed by atoms with Crippen LogP contribution >= 0.6 is 0 Å². The van der Waals surface area contributed by atoms with Gasteiger partial charge < -0.3 is 19.5 Å². The average Bonchev–Trinajstić information content (AvgIpc) is 2.73. The molecule has 2 aromatic rings. The van der Waals surface area contributed by atoms with Crippen molar-refractivity contribution in [1.82, 2.24) is 9.88 Å². The summed E-state index contributed by atoms with van der Waals surface area (Å²) < 4.78 is 11.0. The molecule has 0 aliphatic carbocycles. The predicted octanol–water partition coefficient (Wildman–Crippen LogP) is 1.85. The number of nitrogens with zero attached hydrogens (tertiary/aromatic N) is 3. The molecule has 1 N–H and O–H groups in total. The van der Waals surface area contributed by atoms with E-state index in [0.717, 1.165) is 32.0 Å². The summed E-state index contributed by atoms with van der Waals surface area (Å²) >= 11 is 0. The molecule has 1 aliphatic rings. The molecule has 0 bridgehead atoms. The minimum absolute atomic E-state index is 0.0327. The van der Waals surface area contributed by atoms with Gasteiger partial charge in [0.1, 0.15) is 18.5 Å². The number of aromatic nitrogens is 1. The van der Waals surface area contributed by atoms with Gasteiger partial charge in [-0.3, -0.25) is 9.69 Å². The molecule has 2 heterocycles. The highest BCUT2D eigenvalue weighted by atomic mass is 16.5. The highest BCUT2D eigenvalue weighted by Crippen LogP contribution is 2.28. The van der Waals surface area contributed by atoms with Gasteiger partial charge in [0, 0.05) is 44.5 Å². The van der Waals surface area contributed by atoms with Crippen molar-refractivity contribution < 1.29 is 19.4 Å². The molecule has 0 saturated carbocycles. The van der Waals surface area contributed by atoms with Crippen LogP contribution in [-0.2, 0) is 0 Å². The fourth-order valence-corrected chi connectivity index (χ4v) is 3.24. The Hall–Kier alpha value is -2.64. The maximum atomic E-state index is 11.5. The van der Waals surface area contributed by atoms with E-state index in [9.17, 15) is 9.90 Å². The van der Waals surface area contributed by atoms with Crippen LogP contribution in [0.4, 0.5) is 5.82 Å². The number of hydrogen-bond donors (Lipinski definition) is 1. The largest absolute Gasteiger partial charge is 0.493 e. The molecule has 7 nitrogen and oxygen atoms in total. The molecule has 1 aromatic carbocycles. The second kappa shape index (κ2) is 9.52. The normalized spacial score (nSPS) is 15.9. The monoisotopic (exact) mass is 385 g/mol. The van der Waals surface area contributed by atoms with E-state index in [1.54, 1.807) is 24.4 Å². The number of methoxy groups -OCH3 is 1. The van der Waals surface area contributed by atoms with Crippen LogP contribution in [0.15, 0.2) is 42.6 Å². The molecule has 0 spiro atoms. The number of ether oxygens (including phenoxy) is 2. The number of piperazine rings is 1. The molecular weight excluding hydrogens is 358 g/mol. The first kappa shape index (κ1) is 20.1. The number of pyridine rings is 1. The molecule has 0 unspecified atom stereocenters. The van der Waals surface area contributed by atoms with E-state index in [0.29, 0.717) is 23.6 Å². The lowest BCUT2D eigenvalue weighted by molar-refractivity contribution is 0.0652. The Kier molecular flexibility index (Phi) is 6.84. The second-order valence-corrected chi connectivity index (χ2v) is 6.86. The van der Waals surface area contributed by atoms with Gasteiger partial charge >= 0.3 is 0 Å². The van der Waals surface area contributed by atoms with Crippen molar-refractivity contribution in [3.05, 3.63) is 48.2 Å². The molecule has 1 aliphatic heterocycles. The van der Waals surface area contributed by atoms with Gasteiger partial charge in [-0.25, -0.2) is 4.98 Å². The maximum absolute atomic E-state index is 11.5. The topological polar surface area (TPSA) is 75.1 Å². The molecule has 28 heavy (non-hydrogen) atoms. The summed E-state index contributed by atoms with van der Waals surface area (Å²) in [5.41, 5.74) is 0.565. The summed E-state index contributed by atoms with van der Waals surface area (Å²) in [5, 5.41) is 10.4. The van der Waals surface area contributed by atoms with Gasteiger partial charge in [-0.05, 0) is 37.3 Å². The number of aliphatic hydroxyl groups is 1. The maximum Gasteiger partial charge on any atom is 0.161 e. The minimum Gasteiger partial charge on any atom is -0.493 e. The van der Waals surface area contributed by atoms with Gasteiger partial charge in [0.05, 0.1) is 7.11 Å². The molecule has 7 heteroatoms. The summed E-state index contributed by atoms with van der Waals surface area (Å²) in [7, 11) is 1.53. The number of β-amino-alcohol motifs (C(OH)–C–C–N with tert-alkyl or cyclic N) is 1. The van der Waals surface area contributed by atoms with Crippen LogP contribution in [-0.4, -0.2) is 73.3 Å². The summed E-state index contributed by atoms with van der Waals surface area (Å²) in [6, 6.07) is 11.0. The number of anilines is 1. The lowest BCUT2D eigenvalue weighted by Gasteiger charge is -2.36. The SMILES string of the molecule is COc1cc(C(C)=O)ccc1OC[C@H](O)CN1CCN(c2ccccn2)CC1. The van der Waals surface area contributed by atoms with E-state index in [-0.39, 0.29) is 12.4 Å². The van der Waals surface area contributed by atoms with Crippen LogP contribution < -0.4 is 14.4 Å². The van der Waals surface area contributed by atoms with Crippen molar-refractivity contribution in [2.45, 2.75) is 13.0 Å². The highest BCUT2D eigenvalue weighted by molar-refractivity contribution is 5.94. The molecule has 150 valence electrons. The van der Waals surface area contributed by atoms with Crippen LogP contribution in [0.2, 0.25) is 0 Å². The third-order valence-electron chi connectivity index (χ3n) is 4.82. The zero-order valence-corrected chi connectivity index (χ0v) is 16.4. The van der Waals surface area contributed by atoms with E-state index in [1.165, 1.54) is 14.0 Å². The first-order valence-electron chi connectivity index (χ1n) is 9.45. The van der Waals surface area contributed by atoms with Gasteiger partial charge in [0.15, 0.2) is 17.3 Å². The van der Waals surface area contributed by atoms with Crippen molar-refractivity contribution in [3.8, 4) is 11.5 Å². The Morgan fingerprint density at radius 2 is 1.96 bits per heavy atom. The summed E-state index contributed by atoms with van der Waals surface area (Å²) in [4.78, 5) is 20.3. The number of carbonyl (C=O) groups excluding carboxylic acids is 1. The van der Waals surface area contributed by atoms with Crippen molar-refractivity contribution >= 4 is 11.6 Å². The Bertz CT molecular complexity index is 776. The Labute approximate surface area is 165 Å². The zero-order valence-electron chi connectivity index (χ0n) is 16.4. The number of ketones is 1. The molecular formula is C21H27N3O4. The molecule has 0 amide bonds. The van der Waals surface area contributed by atoms with Crippen LogP contribution in [0.5, 0.6) is 11.5 Å². The van der Waals surface area contributed by atoms with E-state index in [1.807, 2.05) is 18.2 Å². The summed E-state index contributed by atoms with van der Waals surface area (Å²) in [5.74, 6) is 1.97. The zero-order chi connectivity index (χ0) is 19.9.